The predicted octanol–water partition coefficient (Wildman–Crippen LogP) is 4.59. The zero-order chi connectivity index (χ0) is 37.6. The number of amides is 1. The predicted molar refractivity (Wildman–Crippen MR) is 189 cm³/mol. The molecular weight excluding hydrogens is 694 g/mol. The van der Waals surface area contributed by atoms with Crippen molar-refractivity contribution in [3.8, 4) is 34.4 Å². The number of hydrogen-bond donors (Lipinski definition) is 2. The topological polar surface area (TPSA) is 230 Å². The molecule has 0 bridgehead atoms. The van der Waals surface area contributed by atoms with Gasteiger partial charge in [-0.3, -0.25) is 35.2 Å². The Labute approximate surface area is 298 Å². The lowest BCUT2D eigenvalue weighted by molar-refractivity contribution is -0.393. The Bertz CT molecular complexity index is 2430. The van der Waals surface area contributed by atoms with Crippen LogP contribution in [0.4, 0.5) is 22.7 Å². The van der Waals surface area contributed by atoms with Gasteiger partial charge >= 0.3 is 5.69 Å². The van der Waals surface area contributed by atoms with Gasteiger partial charge in [0.15, 0.2) is 17.3 Å². The smallest absolute Gasteiger partial charge is 0.300 e. The second-order valence-electron chi connectivity index (χ2n) is 11.1. The van der Waals surface area contributed by atoms with Crippen molar-refractivity contribution in [3.63, 3.8) is 0 Å². The average Bonchev–Trinajstić information content (AvgIpc) is 3.61. The molecule has 2 heterocycles. The zero-order valence-electron chi connectivity index (χ0n) is 28.2. The molecule has 0 spiro atoms. The number of aromatic nitrogens is 5. The van der Waals surface area contributed by atoms with Crippen LogP contribution in [0.1, 0.15) is 5.69 Å². The van der Waals surface area contributed by atoms with Gasteiger partial charge in [-0.15, -0.1) is 5.10 Å². The van der Waals surface area contributed by atoms with E-state index in [1.165, 1.54) is 26.0 Å². The number of nitro groups is 2. The number of rotatable bonds is 14. The number of nitro benzene ring substituents is 2. The van der Waals surface area contributed by atoms with Gasteiger partial charge in [0, 0.05) is 17.7 Å². The van der Waals surface area contributed by atoms with Gasteiger partial charge in [-0.05, 0) is 48.5 Å². The summed E-state index contributed by atoms with van der Waals surface area (Å²) in [5.41, 5.74) is 2.42. The number of carbonyl (C=O) groups excluding carboxylic acids is 1. The van der Waals surface area contributed by atoms with Crippen LogP contribution < -0.4 is 35.2 Å². The number of non-ortho nitro benzene ring substituents is 1. The molecule has 0 atom stereocenters. The summed E-state index contributed by atoms with van der Waals surface area (Å²) in [6, 6.07) is 19.3. The average molecular weight is 724 g/mol. The SMILES string of the molecule is COc1ccc(NC(=O)Cn2cc(COc3ccc(-c4nc5ccccc5c(=O)n4Nc4ccc([N+](=O)[O-])cc4[N+](=O)[O-])cc3OC)nn2)c(OC)c1. The van der Waals surface area contributed by atoms with Crippen LogP contribution in [0, 0.1) is 20.2 Å². The molecule has 4 aromatic carbocycles. The summed E-state index contributed by atoms with van der Waals surface area (Å²) in [5, 5.41) is 34.2. The number of nitrogens with one attached hydrogen (secondary N) is 2. The molecule has 1 amide bonds. The molecule has 19 heteroatoms. The third-order valence-corrected chi connectivity index (χ3v) is 7.77. The van der Waals surface area contributed by atoms with E-state index in [1.54, 1.807) is 66.9 Å². The van der Waals surface area contributed by atoms with Crippen molar-refractivity contribution in [2.45, 2.75) is 13.2 Å². The number of nitrogens with zero attached hydrogens (tertiary/aromatic N) is 7. The Kier molecular flexibility index (Phi) is 10.1. The van der Waals surface area contributed by atoms with Gasteiger partial charge in [-0.1, -0.05) is 17.3 Å². The molecule has 270 valence electrons. The standard InChI is InChI=1S/C34H29N9O10/c1-50-23-10-12-27(30(16-23)51-2)35-32(44)18-40-17-21(37-39-40)19-53-29-13-8-20(14-31(29)52-3)33-36-25-7-5-4-6-24(25)34(45)41(33)38-26-11-9-22(42(46)47)15-28(26)43(48)49/h4-17,38H,18-19H2,1-3H3,(H,35,44). The van der Waals surface area contributed by atoms with E-state index in [0.29, 0.717) is 39.7 Å². The third kappa shape index (κ3) is 7.62. The van der Waals surface area contributed by atoms with Crippen LogP contribution in [-0.2, 0) is 17.9 Å². The third-order valence-electron chi connectivity index (χ3n) is 7.77. The van der Waals surface area contributed by atoms with E-state index in [2.05, 4.69) is 26.0 Å². The highest BCUT2D eigenvalue weighted by molar-refractivity contribution is 5.92. The molecule has 0 saturated carbocycles. The molecule has 0 aliphatic heterocycles. The van der Waals surface area contributed by atoms with Gasteiger partial charge in [0.05, 0.1) is 60.0 Å². The summed E-state index contributed by atoms with van der Waals surface area (Å²) in [7, 11) is 4.42. The first kappa shape index (κ1) is 35.3. The van der Waals surface area contributed by atoms with Gasteiger partial charge in [0.2, 0.25) is 5.91 Å². The lowest BCUT2D eigenvalue weighted by Crippen LogP contribution is -2.29. The largest absolute Gasteiger partial charge is 0.497 e. The molecule has 0 unspecified atom stereocenters. The number of carbonyl (C=O) groups is 1. The fraction of sp³-hybridized carbons (Fsp3) is 0.147. The van der Waals surface area contributed by atoms with Crippen LogP contribution in [-0.4, -0.2) is 61.7 Å². The number of para-hydroxylation sites is 1. The summed E-state index contributed by atoms with van der Waals surface area (Å²) in [6.07, 6.45) is 1.55. The summed E-state index contributed by atoms with van der Waals surface area (Å²) in [5.74, 6) is 1.22. The first-order valence-electron chi connectivity index (χ1n) is 15.5. The quantitative estimate of drug-likeness (QED) is 0.116. The van der Waals surface area contributed by atoms with Crippen molar-refractivity contribution in [2.75, 3.05) is 32.1 Å². The lowest BCUT2D eigenvalue weighted by Gasteiger charge is -2.17. The first-order chi connectivity index (χ1) is 25.6. The van der Waals surface area contributed by atoms with E-state index in [0.717, 1.165) is 22.9 Å². The van der Waals surface area contributed by atoms with E-state index in [4.69, 9.17) is 18.9 Å². The lowest BCUT2D eigenvalue weighted by atomic mass is 10.1. The molecule has 53 heavy (non-hydrogen) atoms. The fourth-order valence-electron chi connectivity index (χ4n) is 5.23. The van der Waals surface area contributed by atoms with Gasteiger partial charge < -0.3 is 24.3 Å². The van der Waals surface area contributed by atoms with Crippen LogP contribution in [0.5, 0.6) is 23.0 Å². The fourth-order valence-corrected chi connectivity index (χ4v) is 5.23. The second-order valence-corrected chi connectivity index (χ2v) is 11.1. The van der Waals surface area contributed by atoms with Crippen molar-refractivity contribution in [1.29, 1.82) is 0 Å². The summed E-state index contributed by atoms with van der Waals surface area (Å²) in [6.45, 7) is -0.189. The normalized spacial score (nSPS) is 10.8. The number of fused-ring (bicyclic) bond motifs is 1. The molecule has 2 aromatic heterocycles. The molecule has 2 N–H and O–H groups in total. The highest BCUT2D eigenvalue weighted by atomic mass is 16.6. The van der Waals surface area contributed by atoms with E-state index in [9.17, 15) is 29.8 Å². The molecule has 0 aliphatic carbocycles. The Morgan fingerprint density at radius 2 is 1.62 bits per heavy atom. The maximum Gasteiger partial charge on any atom is 0.300 e. The molecule has 6 aromatic rings. The monoisotopic (exact) mass is 723 g/mol. The Hall–Kier alpha value is -7.57. The first-order valence-corrected chi connectivity index (χ1v) is 15.5. The molecule has 0 aliphatic rings. The highest BCUT2D eigenvalue weighted by Gasteiger charge is 2.23. The van der Waals surface area contributed by atoms with E-state index in [-0.39, 0.29) is 41.7 Å². The number of benzene rings is 4. The maximum absolute atomic E-state index is 13.8. The van der Waals surface area contributed by atoms with Crippen LogP contribution >= 0.6 is 0 Å². The number of ether oxygens (including phenoxy) is 4. The van der Waals surface area contributed by atoms with Crippen molar-refractivity contribution in [3.05, 3.63) is 121 Å². The van der Waals surface area contributed by atoms with Crippen molar-refractivity contribution in [1.82, 2.24) is 24.7 Å². The molecule has 6 rings (SSSR count). The zero-order valence-corrected chi connectivity index (χ0v) is 28.2. The highest BCUT2D eigenvalue weighted by Crippen LogP contribution is 2.34. The molecule has 0 fully saturated rings. The number of methoxy groups -OCH3 is 3. The Morgan fingerprint density at radius 3 is 2.36 bits per heavy atom. The van der Waals surface area contributed by atoms with Crippen molar-refractivity contribution in [2.24, 2.45) is 0 Å². The Morgan fingerprint density at radius 1 is 0.849 bits per heavy atom. The molecule has 19 nitrogen and oxygen atoms in total. The van der Waals surface area contributed by atoms with Gasteiger partial charge in [-0.2, -0.15) is 4.68 Å². The van der Waals surface area contributed by atoms with Crippen LogP contribution in [0.2, 0.25) is 0 Å². The van der Waals surface area contributed by atoms with Crippen LogP contribution in [0.15, 0.2) is 89.9 Å². The summed E-state index contributed by atoms with van der Waals surface area (Å²) >= 11 is 0. The Balaban J connectivity index is 1.23. The van der Waals surface area contributed by atoms with Gasteiger partial charge in [0.25, 0.3) is 11.2 Å². The summed E-state index contributed by atoms with van der Waals surface area (Å²) in [4.78, 5) is 52.7. The number of hydrogen-bond acceptors (Lipinski definition) is 14. The van der Waals surface area contributed by atoms with Gasteiger partial charge in [0.1, 0.15) is 36.0 Å². The van der Waals surface area contributed by atoms with Crippen LogP contribution in [0.3, 0.4) is 0 Å². The van der Waals surface area contributed by atoms with E-state index in [1.807, 2.05) is 0 Å². The van der Waals surface area contributed by atoms with Crippen molar-refractivity contribution >= 4 is 39.6 Å². The van der Waals surface area contributed by atoms with Crippen LogP contribution in [0.25, 0.3) is 22.3 Å². The second kappa shape index (κ2) is 15.1. The summed E-state index contributed by atoms with van der Waals surface area (Å²) < 4.78 is 24.4. The van der Waals surface area contributed by atoms with E-state index >= 15 is 0 Å². The molecular formula is C34H29N9O10. The maximum atomic E-state index is 13.8. The minimum absolute atomic E-state index is 0.0477. The number of anilines is 2. The van der Waals surface area contributed by atoms with E-state index < -0.39 is 26.8 Å². The molecule has 0 radical (unpaired) electrons. The van der Waals surface area contributed by atoms with Gasteiger partial charge in [-0.25, -0.2) is 9.67 Å². The van der Waals surface area contributed by atoms with Crippen molar-refractivity contribution < 1.29 is 33.6 Å². The minimum atomic E-state index is -0.795. The minimum Gasteiger partial charge on any atom is -0.497 e. The molecule has 0 saturated heterocycles.